The van der Waals surface area contributed by atoms with Gasteiger partial charge in [0.25, 0.3) is 0 Å². The standard InChI is InChI=1S/C12H22N4O/c1-6-16(7-2)12(3,4)10(17)8-11-13-9-14-15(11)5/h9H,6-8H2,1-5H3. The van der Waals surface area contributed by atoms with Crippen molar-refractivity contribution < 1.29 is 4.79 Å². The predicted molar refractivity (Wildman–Crippen MR) is 66.7 cm³/mol. The zero-order valence-electron chi connectivity index (χ0n) is 11.4. The summed E-state index contributed by atoms with van der Waals surface area (Å²) >= 11 is 0. The fraction of sp³-hybridized carbons (Fsp3) is 0.750. The van der Waals surface area contributed by atoms with Gasteiger partial charge in [-0.25, -0.2) is 4.98 Å². The summed E-state index contributed by atoms with van der Waals surface area (Å²) in [4.78, 5) is 18.6. The van der Waals surface area contributed by atoms with Gasteiger partial charge in [0.1, 0.15) is 12.2 Å². The average molecular weight is 238 g/mol. The molecule has 0 bridgehead atoms. The number of nitrogens with zero attached hydrogens (tertiary/aromatic N) is 4. The maximum atomic E-state index is 12.3. The number of ketones is 1. The number of Topliss-reactive ketones (excluding diaryl/α,β-unsaturated/α-hetero) is 1. The molecule has 0 saturated heterocycles. The van der Waals surface area contributed by atoms with Gasteiger partial charge in [0, 0.05) is 7.05 Å². The van der Waals surface area contributed by atoms with Gasteiger partial charge in [-0.05, 0) is 26.9 Å². The number of aryl methyl sites for hydroxylation is 1. The van der Waals surface area contributed by atoms with Gasteiger partial charge < -0.3 is 0 Å². The molecule has 5 nitrogen and oxygen atoms in total. The molecular formula is C12H22N4O. The van der Waals surface area contributed by atoms with Crippen molar-refractivity contribution in [2.24, 2.45) is 7.05 Å². The molecule has 0 saturated carbocycles. The van der Waals surface area contributed by atoms with Crippen molar-refractivity contribution in [3.63, 3.8) is 0 Å². The maximum Gasteiger partial charge on any atom is 0.160 e. The van der Waals surface area contributed by atoms with E-state index in [4.69, 9.17) is 0 Å². The number of likely N-dealkylation sites (N-methyl/N-ethyl adjacent to an activating group) is 1. The molecule has 0 N–H and O–H groups in total. The molecule has 0 aromatic carbocycles. The van der Waals surface area contributed by atoms with Crippen LogP contribution in [0.5, 0.6) is 0 Å². The van der Waals surface area contributed by atoms with Gasteiger partial charge >= 0.3 is 0 Å². The minimum absolute atomic E-state index is 0.178. The fourth-order valence-electron chi connectivity index (χ4n) is 2.03. The van der Waals surface area contributed by atoms with E-state index in [1.165, 1.54) is 6.33 Å². The SMILES string of the molecule is CCN(CC)C(C)(C)C(=O)Cc1ncnn1C. The summed E-state index contributed by atoms with van der Waals surface area (Å²) in [5.74, 6) is 0.896. The summed E-state index contributed by atoms with van der Waals surface area (Å²) in [6.07, 6.45) is 1.81. The Balaban J connectivity index is 2.79. The van der Waals surface area contributed by atoms with Crippen LogP contribution in [0.15, 0.2) is 6.33 Å². The summed E-state index contributed by atoms with van der Waals surface area (Å²) < 4.78 is 1.65. The highest BCUT2D eigenvalue weighted by molar-refractivity contribution is 5.88. The van der Waals surface area contributed by atoms with E-state index in [1.54, 1.807) is 11.7 Å². The van der Waals surface area contributed by atoms with Crippen LogP contribution >= 0.6 is 0 Å². The van der Waals surface area contributed by atoms with Crippen molar-refractivity contribution in [1.29, 1.82) is 0 Å². The Morgan fingerprint density at radius 1 is 1.41 bits per heavy atom. The number of carbonyl (C=O) groups excluding carboxylic acids is 1. The quantitative estimate of drug-likeness (QED) is 0.743. The van der Waals surface area contributed by atoms with Crippen molar-refractivity contribution in [1.82, 2.24) is 19.7 Å². The van der Waals surface area contributed by atoms with Crippen LogP contribution in [0.4, 0.5) is 0 Å². The highest BCUT2D eigenvalue weighted by Crippen LogP contribution is 2.17. The molecule has 0 atom stereocenters. The van der Waals surface area contributed by atoms with Crippen LogP contribution in [0.2, 0.25) is 0 Å². The molecule has 1 rings (SSSR count). The van der Waals surface area contributed by atoms with Gasteiger partial charge in [-0.1, -0.05) is 13.8 Å². The normalized spacial score (nSPS) is 12.1. The Hall–Kier alpha value is -1.23. The van der Waals surface area contributed by atoms with E-state index >= 15 is 0 Å². The zero-order chi connectivity index (χ0) is 13.1. The number of hydrogen-bond acceptors (Lipinski definition) is 4. The lowest BCUT2D eigenvalue weighted by molar-refractivity contribution is -0.128. The van der Waals surface area contributed by atoms with E-state index < -0.39 is 5.54 Å². The van der Waals surface area contributed by atoms with Crippen molar-refractivity contribution in [2.75, 3.05) is 13.1 Å². The minimum atomic E-state index is -0.449. The first-order chi connectivity index (χ1) is 7.93. The molecule has 0 fully saturated rings. The van der Waals surface area contributed by atoms with Gasteiger partial charge in [0.15, 0.2) is 5.78 Å². The Labute approximate surface area is 103 Å². The van der Waals surface area contributed by atoms with E-state index in [0.29, 0.717) is 6.42 Å². The summed E-state index contributed by atoms with van der Waals surface area (Å²) in [6, 6.07) is 0. The minimum Gasteiger partial charge on any atom is -0.297 e. The number of aromatic nitrogens is 3. The molecular weight excluding hydrogens is 216 g/mol. The average Bonchev–Trinajstić information content (AvgIpc) is 2.65. The third-order valence-electron chi connectivity index (χ3n) is 3.36. The van der Waals surface area contributed by atoms with Crippen LogP contribution in [-0.2, 0) is 18.3 Å². The molecule has 0 amide bonds. The largest absolute Gasteiger partial charge is 0.297 e. The summed E-state index contributed by atoms with van der Waals surface area (Å²) in [5.41, 5.74) is -0.449. The maximum absolute atomic E-state index is 12.3. The van der Waals surface area contributed by atoms with E-state index in [9.17, 15) is 4.79 Å². The Morgan fingerprint density at radius 3 is 2.41 bits per heavy atom. The molecule has 0 aliphatic rings. The van der Waals surface area contributed by atoms with Crippen LogP contribution in [0, 0.1) is 0 Å². The van der Waals surface area contributed by atoms with Gasteiger partial charge in [-0.2, -0.15) is 5.10 Å². The van der Waals surface area contributed by atoms with Crippen LogP contribution in [0.25, 0.3) is 0 Å². The third kappa shape index (κ3) is 2.91. The van der Waals surface area contributed by atoms with Crippen molar-refractivity contribution in [3.05, 3.63) is 12.2 Å². The molecule has 0 aliphatic heterocycles. The highest BCUT2D eigenvalue weighted by Gasteiger charge is 2.32. The second kappa shape index (κ2) is 5.40. The van der Waals surface area contributed by atoms with Crippen LogP contribution in [0.1, 0.15) is 33.5 Å². The summed E-state index contributed by atoms with van der Waals surface area (Å²) in [6.45, 7) is 9.82. The molecule has 96 valence electrons. The molecule has 0 aliphatic carbocycles. The van der Waals surface area contributed by atoms with Crippen LogP contribution < -0.4 is 0 Å². The van der Waals surface area contributed by atoms with E-state index in [-0.39, 0.29) is 5.78 Å². The molecule has 0 unspecified atom stereocenters. The smallest absolute Gasteiger partial charge is 0.160 e. The number of carbonyl (C=O) groups is 1. The third-order valence-corrected chi connectivity index (χ3v) is 3.36. The first-order valence-corrected chi connectivity index (χ1v) is 6.04. The lowest BCUT2D eigenvalue weighted by atomic mass is 9.94. The molecule has 0 radical (unpaired) electrons. The van der Waals surface area contributed by atoms with Gasteiger partial charge in [0.2, 0.25) is 0 Å². The first kappa shape index (κ1) is 13.8. The van der Waals surface area contributed by atoms with Crippen molar-refractivity contribution >= 4 is 5.78 Å². The lowest BCUT2D eigenvalue weighted by Crippen LogP contribution is -2.50. The predicted octanol–water partition coefficient (Wildman–Crippen LogP) is 1.05. The molecule has 0 spiro atoms. The molecule has 1 aromatic rings. The van der Waals surface area contributed by atoms with Crippen molar-refractivity contribution in [3.8, 4) is 0 Å². The monoisotopic (exact) mass is 238 g/mol. The Kier molecular flexibility index (Phi) is 4.40. The van der Waals surface area contributed by atoms with E-state index in [1.807, 2.05) is 13.8 Å². The molecule has 17 heavy (non-hydrogen) atoms. The van der Waals surface area contributed by atoms with E-state index in [2.05, 4.69) is 28.8 Å². The van der Waals surface area contributed by atoms with E-state index in [0.717, 1.165) is 18.9 Å². The van der Waals surface area contributed by atoms with Crippen LogP contribution in [0.3, 0.4) is 0 Å². The Bertz CT molecular complexity index is 380. The summed E-state index contributed by atoms with van der Waals surface area (Å²) in [5, 5.41) is 3.98. The number of hydrogen-bond donors (Lipinski definition) is 0. The molecule has 5 heteroatoms. The second-order valence-corrected chi connectivity index (χ2v) is 4.63. The fourth-order valence-corrected chi connectivity index (χ4v) is 2.03. The molecule has 1 heterocycles. The second-order valence-electron chi connectivity index (χ2n) is 4.63. The lowest BCUT2D eigenvalue weighted by Gasteiger charge is -2.35. The van der Waals surface area contributed by atoms with Gasteiger partial charge in [0.05, 0.1) is 12.0 Å². The zero-order valence-corrected chi connectivity index (χ0v) is 11.4. The van der Waals surface area contributed by atoms with Crippen LogP contribution in [-0.4, -0.2) is 44.1 Å². The number of rotatable bonds is 6. The van der Waals surface area contributed by atoms with Crippen molar-refractivity contribution in [2.45, 2.75) is 39.7 Å². The van der Waals surface area contributed by atoms with Gasteiger partial charge in [-0.15, -0.1) is 0 Å². The summed E-state index contributed by atoms with van der Waals surface area (Å²) in [7, 11) is 1.81. The van der Waals surface area contributed by atoms with Gasteiger partial charge in [-0.3, -0.25) is 14.4 Å². The molecule has 1 aromatic heterocycles. The topological polar surface area (TPSA) is 51.0 Å². The highest BCUT2D eigenvalue weighted by atomic mass is 16.1. The first-order valence-electron chi connectivity index (χ1n) is 6.04. The Morgan fingerprint density at radius 2 is 2.00 bits per heavy atom.